The van der Waals surface area contributed by atoms with E-state index in [1.807, 2.05) is 20.0 Å². The van der Waals surface area contributed by atoms with E-state index in [4.69, 9.17) is 0 Å². The van der Waals surface area contributed by atoms with Crippen LogP contribution < -0.4 is 5.32 Å². The summed E-state index contributed by atoms with van der Waals surface area (Å²) < 4.78 is 1.76. The molecule has 2 aromatic rings. The number of aryl methyl sites for hydroxylation is 2. The lowest BCUT2D eigenvalue weighted by Gasteiger charge is -2.17. The number of carbonyl (C=O) groups excluding carboxylic acids is 2. The van der Waals surface area contributed by atoms with Gasteiger partial charge in [0.25, 0.3) is 5.91 Å². The van der Waals surface area contributed by atoms with E-state index < -0.39 is 0 Å². The first-order valence-electron chi connectivity index (χ1n) is 7.35. The quantitative estimate of drug-likeness (QED) is 0.833. The molecule has 2 heterocycles. The Morgan fingerprint density at radius 3 is 2.55 bits per heavy atom. The van der Waals surface area contributed by atoms with Crippen LogP contribution in [-0.2, 0) is 7.05 Å². The Labute approximate surface area is 129 Å². The summed E-state index contributed by atoms with van der Waals surface area (Å²) in [4.78, 5) is 27.2. The van der Waals surface area contributed by atoms with Crippen LogP contribution >= 0.6 is 0 Å². The molecule has 6 nitrogen and oxygen atoms in total. The largest absolute Gasteiger partial charge is 0.355 e. The maximum Gasteiger partial charge on any atom is 0.253 e. The molecule has 2 aromatic heterocycles. The molecule has 1 unspecified atom stereocenters. The van der Waals surface area contributed by atoms with E-state index in [9.17, 15) is 9.59 Å². The number of carbonyl (C=O) groups is 2. The summed E-state index contributed by atoms with van der Waals surface area (Å²) in [5.74, 6) is -0.245. The van der Waals surface area contributed by atoms with Gasteiger partial charge in [0.1, 0.15) is 0 Å². The minimum Gasteiger partial charge on any atom is -0.355 e. The van der Waals surface area contributed by atoms with Crippen LogP contribution in [0.5, 0.6) is 0 Å². The van der Waals surface area contributed by atoms with Gasteiger partial charge in [0, 0.05) is 25.9 Å². The molecule has 1 atom stereocenters. The third-order valence-electron chi connectivity index (χ3n) is 3.95. The first-order chi connectivity index (χ1) is 10.4. The lowest BCUT2D eigenvalue weighted by Crippen LogP contribution is -2.30. The van der Waals surface area contributed by atoms with Crippen LogP contribution in [0.4, 0.5) is 0 Å². The summed E-state index contributed by atoms with van der Waals surface area (Å²) >= 11 is 0. The number of aromatic amines is 1. The summed E-state index contributed by atoms with van der Waals surface area (Å²) in [5, 5.41) is 7.17. The maximum absolute atomic E-state index is 12.6. The molecule has 0 radical (unpaired) electrons. The zero-order valence-electron chi connectivity index (χ0n) is 13.7. The molecule has 0 aromatic carbocycles. The van der Waals surface area contributed by atoms with Crippen LogP contribution in [0.15, 0.2) is 12.3 Å². The summed E-state index contributed by atoms with van der Waals surface area (Å²) in [6, 6.07) is 1.78. The van der Waals surface area contributed by atoms with E-state index in [0.29, 0.717) is 22.5 Å². The number of hydrogen-bond donors (Lipinski definition) is 2. The number of ketones is 1. The van der Waals surface area contributed by atoms with Crippen LogP contribution in [0.1, 0.15) is 64.1 Å². The molecule has 2 N–H and O–H groups in total. The molecule has 118 valence electrons. The molecule has 0 bridgehead atoms. The van der Waals surface area contributed by atoms with Crippen molar-refractivity contribution < 1.29 is 9.59 Å². The zero-order chi connectivity index (χ0) is 16.4. The third kappa shape index (κ3) is 2.81. The van der Waals surface area contributed by atoms with Crippen LogP contribution in [0, 0.1) is 13.8 Å². The summed E-state index contributed by atoms with van der Waals surface area (Å²) in [5.41, 5.74) is 3.40. The van der Waals surface area contributed by atoms with E-state index in [1.54, 1.807) is 24.7 Å². The number of hydrogen-bond acceptors (Lipinski definition) is 3. The number of amides is 1. The molecule has 0 saturated heterocycles. The second kappa shape index (κ2) is 6.17. The van der Waals surface area contributed by atoms with E-state index in [-0.39, 0.29) is 17.7 Å². The Kier molecular flexibility index (Phi) is 4.49. The van der Waals surface area contributed by atoms with Gasteiger partial charge in [-0.25, -0.2) is 0 Å². The molecule has 1 amide bonds. The maximum atomic E-state index is 12.6. The molecule has 0 aliphatic carbocycles. The van der Waals surface area contributed by atoms with Gasteiger partial charge in [-0.2, -0.15) is 5.10 Å². The lowest BCUT2D eigenvalue weighted by atomic mass is 10.1. The van der Waals surface area contributed by atoms with Gasteiger partial charge < -0.3 is 10.3 Å². The Morgan fingerprint density at radius 2 is 2.09 bits per heavy atom. The average Bonchev–Trinajstić information content (AvgIpc) is 3.00. The molecule has 0 aliphatic rings. The predicted octanol–water partition coefficient (Wildman–Crippen LogP) is 2.45. The molecule has 0 saturated carbocycles. The van der Waals surface area contributed by atoms with E-state index in [1.165, 1.54) is 6.92 Å². The SMILES string of the molecule is CCC(NC(=O)c1c(C)[nH]c(C(C)=O)c1C)c1ccnn1C. The molecule has 2 rings (SSSR count). The minimum absolute atomic E-state index is 0.0710. The van der Waals surface area contributed by atoms with Crippen LogP contribution in [-0.4, -0.2) is 26.5 Å². The average molecular weight is 302 g/mol. The standard InChI is InChI=1S/C16H22N4O2/c1-6-12(13-7-8-17-20(13)5)19-16(22)14-9(2)15(11(4)21)18-10(14)3/h7-8,12,18H,6H2,1-5H3,(H,19,22). The summed E-state index contributed by atoms with van der Waals surface area (Å²) in [6.07, 6.45) is 2.47. The second-order valence-corrected chi connectivity index (χ2v) is 5.50. The highest BCUT2D eigenvalue weighted by Crippen LogP contribution is 2.21. The van der Waals surface area contributed by atoms with Crippen molar-refractivity contribution in [2.24, 2.45) is 7.05 Å². The smallest absolute Gasteiger partial charge is 0.253 e. The van der Waals surface area contributed by atoms with Crippen molar-refractivity contribution in [2.45, 2.75) is 40.2 Å². The van der Waals surface area contributed by atoms with Crippen molar-refractivity contribution in [2.75, 3.05) is 0 Å². The Hall–Kier alpha value is -2.37. The van der Waals surface area contributed by atoms with Gasteiger partial charge >= 0.3 is 0 Å². The van der Waals surface area contributed by atoms with Crippen molar-refractivity contribution in [3.63, 3.8) is 0 Å². The predicted molar refractivity (Wildman–Crippen MR) is 84.0 cm³/mol. The van der Waals surface area contributed by atoms with Crippen LogP contribution in [0.3, 0.4) is 0 Å². The molecule has 22 heavy (non-hydrogen) atoms. The first-order valence-corrected chi connectivity index (χ1v) is 7.35. The lowest BCUT2D eigenvalue weighted by molar-refractivity contribution is 0.0932. The molecule has 0 fully saturated rings. The van der Waals surface area contributed by atoms with Gasteiger partial charge in [-0.05, 0) is 31.9 Å². The van der Waals surface area contributed by atoms with Gasteiger partial charge in [0.05, 0.1) is 23.0 Å². The highest BCUT2D eigenvalue weighted by atomic mass is 16.2. The van der Waals surface area contributed by atoms with E-state index in [0.717, 1.165) is 12.1 Å². The van der Waals surface area contributed by atoms with Gasteiger partial charge in [-0.3, -0.25) is 14.3 Å². The Bertz CT molecular complexity index is 712. The Balaban J connectivity index is 2.29. The fourth-order valence-electron chi connectivity index (χ4n) is 2.78. The van der Waals surface area contributed by atoms with E-state index >= 15 is 0 Å². The minimum atomic E-state index is -0.174. The van der Waals surface area contributed by atoms with Crippen molar-refractivity contribution >= 4 is 11.7 Å². The number of nitrogens with zero attached hydrogens (tertiary/aromatic N) is 2. The van der Waals surface area contributed by atoms with Gasteiger partial charge in [0.15, 0.2) is 5.78 Å². The topological polar surface area (TPSA) is 79.8 Å². The number of aromatic nitrogens is 3. The van der Waals surface area contributed by atoms with Crippen molar-refractivity contribution in [3.05, 3.63) is 40.5 Å². The summed E-state index contributed by atoms with van der Waals surface area (Å²) in [6.45, 7) is 7.10. The van der Waals surface area contributed by atoms with Gasteiger partial charge in [-0.15, -0.1) is 0 Å². The van der Waals surface area contributed by atoms with Gasteiger partial charge in [-0.1, -0.05) is 6.92 Å². The second-order valence-electron chi connectivity index (χ2n) is 5.50. The fraction of sp³-hybridized carbons (Fsp3) is 0.438. The van der Waals surface area contributed by atoms with Crippen molar-refractivity contribution in [3.8, 4) is 0 Å². The molecule has 0 aliphatic heterocycles. The number of rotatable bonds is 5. The number of H-pyrrole nitrogens is 1. The van der Waals surface area contributed by atoms with Crippen LogP contribution in [0.25, 0.3) is 0 Å². The first kappa shape index (κ1) is 16.0. The van der Waals surface area contributed by atoms with E-state index in [2.05, 4.69) is 15.4 Å². The highest BCUT2D eigenvalue weighted by molar-refractivity contribution is 6.02. The zero-order valence-corrected chi connectivity index (χ0v) is 13.7. The Morgan fingerprint density at radius 1 is 1.41 bits per heavy atom. The van der Waals surface area contributed by atoms with Crippen molar-refractivity contribution in [1.82, 2.24) is 20.1 Å². The number of nitrogens with one attached hydrogen (secondary N) is 2. The van der Waals surface area contributed by atoms with Gasteiger partial charge in [0.2, 0.25) is 0 Å². The van der Waals surface area contributed by atoms with Crippen LogP contribution in [0.2, 0.25) is 0 Å². The molecule has 0 spiro atoms. The van der Waals surface area contributed by atoms with Crippen molar-refractivity contribution in [1.29, 1.82) is 0 Å². The normalized spacial score (nSPS) is 12.2. The third-order valence-corrected chi connectivity index (χ3v) is 3.95. The molecule has 6 heteroatoms. The molecular formula is C16H22N4O2. The monoisotopic (exact) mass is 302 g/mol. The summed E-state index contributed by atoms with van der Waals surface area (Å²) in [7, 11) is 1.85. The molecular weight excluding hydrogens is 280 g/mol. The number of Topliss-reactive ketones (excluding diaryl/α,β-unsaturated/α-hetero) is 1. The highest BCUT2D eigenvalue weighted by Gasteiger charge is 2.23. The fourth-order valence-corrected chi connectivity index (χ4v) is 2.78.